The van der Waals surface area contributed by atoms with Crippen LogP contribution in [0.4, 0.5) is 0 Å². The predicted octanol–water partition coefficient (Wildman–Crippen LogP) is 5.41. The van der Waals surface area contributed by atoms with E-state index < -0.39 is 0 Å². The van der Waals surface area contributed by atoms with E-state index >= 15 is 0 Å². The molecule has 1 saturated carbocycles. The lowest BCUT2D eigenvalue weighted by Crippen LogP contribution is -2.16. The fraction of sp³-hybridized carbons (Fsp3) is 0.600. The fourth-order valence-electron chi connectivity index (χ4n) is 3.55. The third-order valence-electron chi connectivity index (χ3n) is 5.05. The summed E-state index contributed by atoms with van der Waals surface area (Å²) in [5, 5.41) is 16.3. The largest absolute Gasteiger partial charge is 0.338 e. The molecule has 150 valence electrons. The highest BCUT2D eigenvalue weighted by molar-refractivity contribution is 7.98. The second kappa shape index (κ2) is 8.37. The topological polar surface area (TPSA) is 69.6 Å². The van der Waals surface area contributed by atoms with Crippen molar-refractivity contribution in [1.82, 2.24) is 24.9 Å². The molecule has 3 aromatic heterocycles. The van der Waals surface area contributed by atoms with Crippen LogP contribution in [0.5, 0.6) is 0 Å². The second-order valence-corrected chi connectivity index (χ2v) is 10.3. The van der Waals surface area contributed by atoms with Gasteiger partial charge >= 0.3 is 0 Å². The van der Waals surface area contributed by atoms with Crippen LogP contribution in [-0.2, 0) is 17.6 Å². The zero-order valence-electron chi connectivity index (χ0n) is 16.7. The van der Waals surface area contributed by atoms with E-state index in [1.165, 1.54) is 37.0 Å². The van der Waals surface area contributed by atoms with Gasteiger partial charge in [-0.25, -0.2) is 0 Å². The number of thiophene rings is 1. The highest BCUT2D eigenvalue weighted by Gasteiger charge is 2.25. The quantitative estimate of drug-likeness (QED) is 0.500. The van der Waals surface area contributed by atoms with Gasteiger partial charge in [0.2, 0.25) is 5.89 Å². The molecule has 3 aromatic rings. The van der Waals surface area contributed by atoms with Crippen LogP contribution in [0, 0.1) is 0 Å². The lowest BCUT2D eigenvalue weighted by molar-refractivity contribution is 0.330. The van der Waals surface area contributed by atoms with E-state index in [4.69, 9.17) is 4.52 Å². The van der Waals surface area contributed by atoms with Gasteiger partial charge in [0.25, 0.3) is 0 Å². The van der Waals surface area contributed by atoms with E-state index in [0.29, 0.717) is 17.7 Å². The number of hydrogen-bond donors (Lipinski definition) is 0. The third kappa shape index (κ3) is 4.49. The molecule has 0 amide bonds. The Morgan fingerprint density at radius 1 is 1.21 bits per heavy atom. The van der Waals surface area contributed by atoms with E-state index in [1.807, 2.05) is 0 Å². The highest BCUT2D eigenvalue weighted by Crippen LogP contribution is 2.34. The normalized spacial score (nSPS) is 16.0. The summed E-state index contributed by atoms with van der Waals surface area (Å²) in [5.74, 6) is 3.08. The van der Waals surface area contributed by atoms with Gasteiger partial charge in [-0.1, -0.05) is 63.0 Å². The third-order valence-corrected chi connectivity index (χ3v) is 6.86. The van der Waals surface area contributed by atoms with Crippen molar-refractivity contribution in [1.29, 1.82) is 0 Å². The smallest absolute Gasteiger partial charge is 0.237 e. The Kier molecular flexibility index (Phi) is 5.87. The molecule has 0 spiro atoms. The molecule has 0 saturated heterocycles. The molecule has 0 atom stereocenters. The SMILES string of the molecule is CC(C)(C)c1noc(CSc2nnc(Cc3cccs3)n2C2CCCCC2)n1. The van der Waals surface area contributed by atoms with Crippen LogP contribution < -0.4 is 0 Å². The minimum atomic E-state index is -0.109. The molecule has 3 heterocycles. The van der Waals surface area contributed by atoms with Crippen LogP contribution in [0.15, 0.2) is 27.2 Å². The van der Waals surface area contributed by atoms with Gasteiger partial charge in [-0.2, -0.15) is 4.98 Å². The van der Waals surface area contributed by atoms with Crippen LogP contribution in [0.3, 0.4) is 0 Å². The first-order valence-corrected chi connectivity index (χ1v) is 11.8. The van der Waals surface area contributed by atoms with E-state index in [0.717, 1.165) is 23.2 Å². The molecule has 0 bridgehead atoms. The average Bonchev–Trinajstić information content (AvgIpc) is 3.42. The molecule has 0 radical (unpaired) electrons. The Hall–Kier alpha value is -1.67. The Morgan fingerprint density at radius 2 is 2.04 bits per heavy atom. The first-order valence-electron chi connectivity index (χ1n) is 9.93. The number of hydrogen-bond acceptors (Lipinski definition) is 7. The first kappa shape index (κ1) is 19.6. The van der Waals surface area contributed by atoms with Gasteiger partial charge in [0, 0.05) is 22.8 Å². The van der Waals surface area contributed by atoms with Crippen molar-refractivity contribution in [2.24, 2.45) is 0 Å². The molecular formula is C20H27N5OS2. The van der Waals surface area contributed by atoms with Crippen LogP contribution in [0.2, 0.25) is 0 Å². The van der Waals surface area contributed by atoms with Crippen molar-refractivity contribution in [3.05, 3.63) is 39.9 Å². The second-order valence-electron chi connectivity index (χ2n) is 8.37. The number of aromatic nitrogens is 5. The summed E-state index contributed by atoms with van der Waals surface area (Å²) in [6.07, 6.45) is 7.15. The minimum Gasteiger partial charge on any atom is -0.338 e. The molecule has 28 heavy (non-hydrogen) atoms. The van der Waals surface area contributed by atoms with Crippen LogP contribution in [0.1, 0.15) is 81.3 Å². The van der Waals surface area contributed by atoms with Gasteiger partial charge in [0.1, 0.15) is 5.82 Å². The van der Waals surface area contributed by atoms with Crippen molar-refractivity contribution in [3.63, 3.8) is 0 Å². The van der Waals surface area contributed by atoms with Gasteiger partial charge in [0.05, 0.1) is 5.75 Å². The van der Waals surface area contributed by atoms with Gasteiger partial charge in [0.15, 0.2) is 11.0 Å². The molecule has 1 fully saturated rings. The molecule has 4 rings (SSSR count). The van der Waals surface area contributed by atoms with E-state index in [-0.39, 0.29) is 5.41 Å². The van der Waals surface area contributed by atoms with Gasteiger partial charge in [-0.15, -0.1) is 21.5 Å². The Bertz CT molecular complexity index is 888. The molecule has 8 heteroatoms. The van der Waals surface area contributed by atoms with Crippen molar-refractivity contribution in [2.75, 3.05) is 0 Å². The maximum Gasteiger partial charge on any atom is 0.237 e. The summed E-state index contributed by atoms with van der Waals surface area (Å²) in [5.41, 5.74) is -0.109. The predicted molar refractivity (Wildman–Crippen MR) is 112 cm³/mol. The minimum absolute atomic E-state index is 0.109. The van der Waals surface area contributed by atoms with Crippen molar-refractivity contribution in [3.8, 4) is 0 Å². The average molecular weight is 418 g/mol. The van der Waals surface area contributed by atoms with Gasteiger partial charge < -0.3 is 9.09 Å². The van der Waals surface area contributed by atoms with Gasteiger partial charge in [-0.3, -0.25) is 0 Å². The van der Waals surface area contributed by atoms with Crippen LogP contribution in [-0.4, -0.2) is 24.9 Å². The van der Waals surface area contributed by atoms with Gasteiger partial charge in [-0.05, 0) is 24.3 Å². The van der Waals surface area contributed by atoms with E-state index in [9.17, 15) is 0 Å². The standard InChI is InChI=1S/C20H27N5OS2/c1-20(2,3)18-21-17(26-24-18)13-28-19-23-22-16(12-15-10-7-11-27-15)25(19)14-8-5-4-6-9-14/h7,10-11,14H,4-6,8-9,12-13H2,1-3H3. The lowest BCUT2D eigenvalue weighted by Gasteiger charge is -2.25. The number of nitrogens with zero attached hydrogens (tertiary/aromatic N) is 5. The Balaban J connectivity index is 1.54. The van der Waals surface area contributed by atoms with E-state index in [1.54, 1.807) is 23.1 Å². The summed E-state index contributed by atoms with van der Waals surface area (Å²) < 4.78 is 7.83. The maximum atomic E-state index is 5.45. The highest BCUT2D eigenvalue weighted by atomic mass is 32.2. The molecular weight excluding hydrogens is 390 g/mol. The zero-order valence-corrected chi connectivity index (χ0v) is 18.4. The lowest BCUT2D eigenvalue weighted by atomic mass is 9.95. The van der Waals surface area contributed by atoms with Crippen molar-refractivity contribution < 1.29 is 4.52 Å². The number of thioether (sulfide) groups is 1. The van der Waals surface area contributed by atoms with Crippen molar-refractivity contribution in [2.45, 2.75) is 81.7 Å². The molecule has 1 aliphatic rings. The number of rotatable bonds is 6. The maximum absolute atomic E-state index is 5.45. The Morgan fingerprint density at radius 3 is 2.71 bits per heavy atom. The fourth-order valence-corrected chi connectivity index (χ4v) is 5.11. The van der Waals surface area contributed by atoms with Crippen LogP contribution in [0.25, 0.3) is 0 Å². The monoisotopic (exact) mass is 417 g/mol. The van der Waals surface area contributed by atoms with Crippen molar-refractivity contribution >= 4 is 23.1 Å². The van der Waals surface area contributed by atoms with E-state index in [2.05, 4.69) is 63.2 Å². The Labute approximate surface area is 174 Å². The molecule has 0 aromatic carbocycles. The summed E-state index contributed by atoms with van der Waals surface area (Å²) in [6.45, 7) is 6.27. The molecule has 6 nitrogen and oxygen atoms in total. The first-order chi connectivity index (χ1) is 13.5. The summed E-state index contributed by atoms with van der Waals surface area (Å²) in [6, 6.07) is 4.76. The molecule has 0 N–H and O–H groups in total. The molecule has 0 unspecified atom stereocenters. The summed E-state index contributed by atoms with van der Waals surface area (Å²) in [7, 11) is 0. The molecule has 1 aliphatic carbocycles. The summed E-state index contributed by atoms with van der Waals surface area (Å²) in [4.78, 5) is 5.88. The molecule has 0 aliphatic heterocycles. The zero-order chi connectivity index (χ0) is 19.6. The van der Waals surface area contributed by atoms with Crippen LogP contribution >= 0.6 is 23.1 Å². The summed E-state index contributed by atoms with van der Waals surface area (Å²) >= 11 is 3.42.